The normalized spacial score (nSPS) is 16.1. The zero-order valence-corrected chi connectivity index (χ0v) is 15.2. The van der Waals surface area contributed by atoms with Gasteiger partial charge in [-0.3, -0.25) is 4.79 Å². The third-order valence-corrected chi connectivity index (χ3v) is 5.20. The molecular weight excluding hydrogens is 375 g/mol. The van der Waals surface area contributed by atoms with Gasteiger partial charge in [0.1, 0.15) is 5.82 Å². The highest BCUT2D eigenvalue weighted by Gasteiger charge is 2.32. The summed E-state index contributed by atoms with van der Waals surface area (Å²) in [5.41, 5.74) is 0.933. The quantitative estimate of drug-likeness (QED) is 0.796. The highest BCUT2D eigenvalue weighted by molar-refractivity contribution is 7.89. The number of anilines is 1. The minimum Gasteiger partial charge on any atom is -0.452 e. The Kier molecular flexibility index (Phi) is 4.99. The Morgan fingerprint density at radius 2 is 1.96 bits per heavy atom. The van der Waals surface area contributed by atoms with E-state index in [0.717, 1.165) is 6.07 Å². The summed E-state index contributed by atoms with van der Waals surface area (Å²) in [6.07, 6.45) is 0.436. The molecule has 1 atom stereocenters. The van der Waals surface area contributed by atoms with Crippen LogP contribution < -0.4 is 10.0 Å². The Hall–Kier alpha value is -2.78. The molecule has 0 radical (unpaired) electrons. The van der Waals surface area contributed by atoms with Crippen LogP contribution in [0.1, 0.15) is 22.8 Å². The van der Waals surface area contributed by atoms with Crippen LogP contribution in [0.25, 0.3) is 0 Å². The van der Waals surface area contributed by atoms with Gasteiger partial charge in [-0.05, 0) is 49.2 Å². The van der Waals surface area contributed by atoms with Gasteiger partial charge in [-0.15, -0.1) is 0 Å². The van der Waals surface area contributed by atoms with Gasteiger partial charge < -0.3 is 9.64 Å². The van der Waals surface area contributed by atoms with Crippen molar-refractivity contribution in [2.24, 2.45) is 5.14 Å². The molecule has 0 aliphatic carbocycles. The largest absolute Gasteiger partial charge is 0.452 e. The molecule has 0 saturated heterocycles. The number of hydrogen-bond donors (Lipinski definition) is 1. The summed E-state index contributed by atoms with van der Waals surface area (Å²) in [4.78, 5) is 25.9. The third kappa shape index (κ3) is 3.83. The molecule has 0 bridgehead atoms. The van der Waals surface area contributed by atoms with E-state index in [1.54, 1.807) is 6.92 Å². The number of nitrogens with zero attached hydrogens (tertiary/aromatic N) is 1. The molecule has 1 heterocycles. The number of esters is 1. The molecule has 1 aliphatic heterocycles. The van der Waals surface area contributed by atoms with Crippen molar-refractivity contribution in [2.45, 2.75) is 24.3 Å². The van der Waals surface area contributed by atoms with Gasteiger partial charge in [0.25, 0.3) is 5.91 Å². The molecule has 1 aliphatic rings. The summed E-state index contributed by atoms with van der Waals surface area (Å²) in [5, 5.41) is 5.13. The zero-order valence-electron chi connectivity index (χ0n) is 14.4. The van der Waals surface area contributed by atoms with E-state index < -0.39 is 34.3 Å². The van der Waals surface area contributed by atoms with Crippen LogP contribution in [0, 0.1) is 5.82 Å². The van der Waals surface area contributed by atoms with E-state index in [4.69, 9.17) is 9.88 Å². The van der Waals surface area contributed by atoms with Crippen LogP contribution in [0.5, 0.6) is 0 Å². The zero-order chi connectivity index (χ0) is 19.8. The molecule has 2 N–H and O–H groups in total. The number of hydrogen-bond acceptors (Lipinski definition) is 5. The van der Waals surface area contributed by atoms with Gasteiger partial charge in [-0.25, -0.2) is 22.7 Å². The lowest BCUT2D eigenvalue weighted by Crippen LogP contribution is -2.38. The van der Waals surface area contributed by atoms with E-state index in [0.29, 0.717) is 17.7 Å². The number of halogens is 1. The second-order valence-corrected chi connectivity index (χ2v) is 7.77. The van der Waals surface area contributed by atoms with Gasteiger partial charge in [-0.1, -0.05) is 12.1 Å². The SMILES string of the molecule is CC1Cc2cc(S(N)(=O)=O)ccc2N1C(=O)COC(=O)c1ccccc1F. The average molecular weight is 392 g/mol. The number of sulfonamides is 1. The molecule has 3 rings (SSSR count). The molecule has 0 aromatic heterocycles. The fourth-order valence-electron chi connectivity index (χ4n) is 3.07. The Bertz CT molecular complexity index is 1020. The highest BCUT2D eigenvalue weighted by atomic mass is 32.2. The molecule has 142 valence electrons. The number of ether oxygens (including phenoxy) is 1. The molecule has 0 fully saturated rings. The van der Waals surface area contributed by atoms with Crippen molar-refractivity contribution in [1.82, 2.24) is 0 Å². The predicted octanol–water partition coefficient (Wildman–Crippen LogP) is 1.61. The second kappa shape index (κ2) is 7.09. The Morgan fingerprint density at radius 3 is 2.63 bits per heavy atom. The molecule has 7 nitrogen and oxygen atoms in total. The van der Waals surface area contributed by atoms with Crippen LogP contribution in [0.15, 0.2) is 47.4 Å². The number of carbonyl (C=O) groups excluding carboxylic acids is 2. The summed E-state index contributed by atoms with van der Waals surface area (Å²) in [6.45, 7) is 1.22. The van der Waals surface area contributed by atoms with Crippen LogP contribution in [0.3, 0.4) is 0 Å². The predicted molar refractivity (Wildman–Crippen MR) is 95.1 cm³/mol. The van der Waals surface area contributed by atoms with Crippen molar-refractivity contribution in [3.05, 3.63) is 59.4 Å². The van der Waals surface area contributed by atoms with Crippen molar-refractivity contribution in [1.29, 1.82) is 0 Å². The highest BCUT2D eigenvalue weighted by Crippen LogP contribution is 2.33. The fraction of sp³-hybridized carbons (Fsp3) is 0.222. The van der Waals surface area contributed by atoms with Gasteiger partial charge in [0.15, 0.2) is 6.61 Å². The van der Waals surface area contributed by atoms with Crippen LogP contribution in [-0.2, 0) is 26.0 Å². The Morgan fingerprint density at radius 1 is 1.26 bits per heavy atom. The van der Waals surface area contributed by atoms with Gasteiger partial charge in [0.2, 0.25) is 10.0 Å². The van der Waals surface area contributed by atoms with Crippen molar-refractivity contribution in [3.63, 3.8) is 0 Å². The number of rotatable bonds is 4. The van der Waals surface area contributed by atoms with Crippen molar-refractivity contribution < 1.29 is 27.1 Å². The summed E-state index contributed by atoms with van der Waals surface area (Å²) in [6, 6.07) is 9.31. The van der Waals surface area contributed by atoms with Gasteiger partial charge in [0, 0.05) is 11.7 Å². The summed E-state index contributed by atoms with van der Waals surface area (Å²) in [5.74, 6) is -2.15. The molecule has 1 amide bonds. The lowest BCUT2D eigenvalue weighted by molar-refractivity contribution is -0.122. The number of benzene rings is 2. The third-order valence-electron chi connectivity index (χ3n) is 4.28. The smallest absolute Gasteiger partial charge is 0.341 e. The van der Waals surface area contributed by atoms with Crippen LogP contribution >= 0.6 is 0 Å². The maximum absolute atomic E-state index is 13.6. The topological polar surface area (TPSA) is 107 Å². The van der Waals surface area contributed by atoms with Crippen LogP contribution in [-0.4, -0.2) is 32.9 Å². The number of nitrogens with two attached hydrogens (primary N) is 1. The van der Waals surface area contributed by atoms with Gasteiger partial charge in [-0.2, -0.15) is 0 Å². The summed E-state index contributed by atoms with van der Waals surface area (Å²) >= 11 is 0. The number of amides is 1. The molecule has 0 spiro atoms. The van der Waals surface area contributed by atoms with E-state index in [9.17, 15) is 22.4 Å². The molecule has 9 heteroatoms. The van der Waals surface area contributed by atoms with Crippen molar-refractivity contribution in [3.8, 4) is 0 Å². The van der Waals surface area contributed by atoms with E-state index in [-0.39, 0.29) is 16.5 Å². The molecule has 1 unspecified atom stereocenters. The number of primary sulfonamides is 1. The molecular formula is C18H17FN2O5S. The fourth-order valence-corrected chi connectivity index (χ4v) is 3.63. The Labute approximate surface area is 155 Å². The van der Waals surface area contributed by atoms with Crippen molar-refractivity contribution in [2.75, 3.05) is 11.5 Å². The molecule has 2 aromatic carbocycles. The average Bonchev–Trinajstić information content (AvgIpc) is 2.94. The van der Waals surface area contributed by atoms with E-state index >= 15 is 0 Å². The second-order valence-electron chi connectivity index (χ2n) is 6.21. The van der Waals surface area contributed by atoms with Crippen LogP contribution in [0.2, 0.25) is 0 Å². The standard InChI is InChI=1S/C18H17FN2O5S/c1-11-8-12-9-13(27(20,24)25)6-7-16(12)21(11)17(22)10-26-18(23)14-4-2-3-5-15(14)19/h2-7,9,11H,8,10H2,1H3,(H2,20,24,25). The minimum absolute atomic E-state index is 0.0336. The van der Waals surface area contributed by atoms with E-state index in [1.165, 1.54) is 41.3 Å². The van der Waals surface area contributed by atoms with Crippen LogP contribution in [0.4, 0.5) is 10.1 Å². The molecule has 2 aromatic rings. The van der Waals surface area contributed by atoms with E-state index in [2.05, 4.69) is 0 Å². The van der Waals surface area contributed by atoms with Crippen molar-refractivity contribution >= 4 is 27.6 Å². The summed E-state index contributed by atoms with van der Waals surface area (Å²) in [7, 11) is -3.84. The Balaban J connectivity index is 1.75. The summed E-state index contributed by atoms with van der Waals surface area (Å²) < 4.78 is 41.5. The minimum atomic E-state index is -3.84. The first-order chi connectivity index (χ1) is 12.7. The first kappa shape index (κ1) is 19.0. The monoisotopic (exact) mass is 392 g/mol. The number of carbonyl (C=O) groups is 2. The lowest BCUT2D eigenvalue weighted by Gasteiger charge is -2.22. The maximum atomic E-state index is 13.6. The number of fused-ring (bicyclic) bond motifs is 1. The first-order valence-electron chi connectivity index (χ1n) is 8.08. The maximum Gasteiger partial charge on any atom is 0.341 e. The lowest BCUT2D eigenvalue weighted by atomic mass is 10.1. The van der Waals surface area contributed by atoms with Gasteiger partial charge in [0.05, 0.1) is 10.5 Å². The molecule has 0 saturated carbocycles. The molecule has 27 heavy (non-hydrogen) atoms. The van der Waals surface area contributed by atoms with Gasteiger partial charge >= 0.3 is 5.97 Å². The van der Waals surface area contributed by atoms with E-state index in [1.807, 2.05) is 0 Å². The first-order valence-corrected chi connectivity index (χ1v) is 9.62.